The third-order valence-electron chi connectivity index (χ3n) is 2.10. The molecule has 1 aliphatic heterocycles. The Bertz CT molecular complexity index is 204. The molecule has 1 N–H and O–H groups in total. The second-order valence-corrected chi connectivity index (χ2v) is 5.42. The van der Waals surface area contributed by atoms with Gasteiger partial charge in [0.2, 0.25) is 0 Å². The van der Waals surface area contributed by atoms with Gasteiger partial charge < -0.3 is 5.11 Å². The van der Waals surface area contributed by atoms with Crippen LogP contribution >= 0.6 is 11.8 Å². The van der Waals surface area contributed by atoms with Crippen LogP contribution in [0.2, 0.25) is 0 Å². The quantitative estimate of drug-likeness (QED) is 0.628. The molecule has 1 unspecified atom stereocenters. The minimum absolute atomic E-state index is 0.231. The third kappa shape index (κ3) is 2.43. The molecule has 0 aromatic heterocycles. The highest BCUT2D eigenvalue weighted by Gasteiger charge is 2.38. The van der Waals surface area contributed by atoms with Gasteiger partial charge in [-0.1, -0.05) is 13.8 Å². The number of aliphatic hydroxyl groups is 1. The Labute approximate surface area is 78.9 Å². The van der Waals surface area contributed by atoms with Crippen molar-refractivity contribution in [2.45, 2.75) is 32.3 Å². The zero-order valence-electron chi connectivity index (χ0n) is 7.76. The predicted molar refractivity (Wildman–Crippen MR) is 54.1 cm³/mol. The molecule has 68 valence electrons. The molecule has 0 aliphatic carbocycles. The molecule has 0 bridgehead atoms. The Balaban J connectivity index is 2.62. The highest BCUT2D eigenvalue weighted by molar-refractivity contribution is 7.99. The predicted octanol–water partition coefficient (Wildman–Crippen LogP) is 1.90. The fourth-order valence-corrected chi connectivity index (χ4v) is 3.15. The molecule has 1 fully saturated rings. The van der Waals surface area contributed by atoms with Gasteiger partial charge in [0.1, 0.15) is 0 Å². The van der Waals surface area contributed by atoms with Crippen molar-refractivity contribution in [2.75, 3.05) is 11.5 Å². The van der Waals surface area contributed by atoms with Gasteiger partial charge in [0.25, 0.3) is 0 Å². The summed E-state index contributed by atoms with van der Waals surface area (Å²) in [5.74, 6) is 4.47. The van der Waals surface area contributed by atoms with Crippen LogP contribution in [0.25, 0.3) is 0 Å². The van der Waals surface area contributed by atoms with E-state index < -0.39 is 5.60 Å². The van der Waals surface area contributed by atoms with E-state index in [4.69, 9.17) is 6.42 Å². The van der Waals surface area contributed by atoms with Crippen molar-refractivity contribution in [1.29, 1.82) is 0 Å². The van der Waals surface area contributed by atoms with Gasteiger partial charge >= 0.3 is 0 Å². The maximum atomic E-state index is 10.0. The summed E-state index contributed by atoms with van der Waals surface area (Å²) in [5, 5.41) is 10.0. The zero-order chi connectivity index (χ0) is 9.24. The van der Waals surface area contributed by atoms with Crippen LogP contribution in [0.3, 0.4) is 0 Å². The molecule has 0 amide bonds. The van der Waals surface area contributed by atoms with E-state index in [0.29, 0.717) is 6.42 Å². The summed E-state index contributed by atoms with van der Waals surface area (Å²) in [6.45, 7) is 4.36. The van der Waals surface area contributed by atoms with E-state index in [0.717, 1.165) is 17.9 Å². The molecular formula is C10H16OS. The lowest BCUT2D eigenvalue weighted by Gasteiger charge is -2.40. The summed E-state index contributed by atoms with van der Waals surface area (Å²) in [6, 6.07) is 0. The largest absolute Gasteiger partial charge is 0.388 e. The zero-order valence-corrected chi connectivity index (χ0v) is 8.58. The van der Waals surface area contributed by atoms with E-state index in [1.165, 1.54) is 0 Å². The van der Waals surface area contributed by atoms with Crippen LogP contribution in [-0.4, -0.2) is 22.2 Å². The van der Waals surface area contributed by atoms with Gasteiger partial charge in [0.05, 0.1) is 5.60 Å². The topological polar surface area (TPSA) is 20.2 Å². The summed E-state index contributed by atoms with van der Waals surface area (Å²) >= 11 is 1.80. The van der Waals surface area contributed by atoms with Gasteiger partial charge in [-0.3, -0.25) is 0 Å². The van der Waals surface area contributed by atoms with Gasteiger partial charge in [-0.25, -0.2) is 0 Å². The average Bonchev–Trinajstić information content (AvgIpc) is 1.83. The molecule has 0 spiro atoms. The Hall–Kier alpha value is -0.130. The molecule has 1 nitrogen and oxygen atoms in total. The van der Waals surface area contributed by atoms with Crippen LogP contribution in [-0.2, 0) is 0 Å². The first-order valence-corrected chi connectivity index (χ1v) is 5.37. The molecule has 1 rings (SSSR count). The van der Waals surface area contributed by atoms with Crippen molar-refractivity contribution in [3.05, 3.63) is 0 Å². The smallest absolute Gasteiger partial charge is 0.0851 e. The minimum Gasteiger partial charge on any atom is -0.388 e. The first-order chi connectivity index (χ1) is 5.47. The van der Waals surface area contributed by atoms with E-state index in [1.54, 1.807) is 11.8 Å². The fourth-order valence-electron chi connectivity index (χ4n) is 1.81. The summed E-state index contributed by atoms with van der Waals surface area (Å²) in [6.07, 6.45) is 6.53. The van der Waals surface area contributed by atoms with E-state index in [-0.39, 0.29) is 5.41 Å². The van der Waals surface area contributed by atoms with E-state index in [9.17, 15) is 5.11 Å². The average molecular weight is 184 g/mol. The van der Waals surface area contributed by atoms with Crippen molar-refractivity contribution in [2.24, 2.45) is 5.41 Å². The first kappa shape index (κ1) is 9.95. The molecule has 0 saturated carbocycles. The molecular weight excluding hydrogens is 168 g/mol. The summed E-state index contributed by atoms with van der Waals surface area (Å²) < 4.78 is 0. The van der Waals surface area contributed by atoms with E-state index >= 15 is 0 Å². The molecule has 1 atom stereocenters. The van der Waals surface area contributed by atoms with Crippen LogP contribution in [0, 0.1) is 17.8 Å². The van der Waals surface area contributed by atoms with Crippen LogP contribution in [0.4, 0.5) is 0 Å². The van der Waals surface area contributed by atoms with Crippen LogP contribution in [0.5, 0.6) is 0 Å². The molecule has 0 aromatic rings. The van der Waals surface area contributed by atoms with Crippen molar-refractivity contribution in [1.82, 2.24) is 0 Å². The number of hydrogen-bond acceptors (Lipinski definition) is 2. The number of rotatable bonds is 1. The van der Waals surface area contributed by atoms with Crippen molar-refractivity contribution < 1.29 is 5.11 Å². The Morgan fingerprint density at radius 3 is 2.67 bits per heavy atom. The standard InChI is InChI=1S/C10H16OS/c1-4-5-10(11)6-9(2,3)7-12-8-10/h1,11H,5-8H2,2-3H3. The van der Waals surface area contributed by atoms with E-state index in [1.807, 2.05) is 0 Å². The Morgan fingerprint density at radius 1 is 1.50 bits per heavy atom. The summed E-state index contributed by atoms with van der Waals surface area (Å²) in [5.41, 5.74) is -0.379. The summed E-state index contributed by atoms with van der Waals surface area (Å²) in [4.78, 5) is 0. The van der Waals surface area contributed by atoms with Crippen LogP contribution in [0.1, 0.15) is 26.7 Å². The third-order valence-corrected chi connectivity index (χ3v) is 3.83. The lowest BCUT2D eigenvalue weighted by atomic mass is 9.80. The van der Waals surface area contributed by atoms with Crippen LogP contribution < -0.4 is 0 Å². The Morgan fingerprint density at radius 2 is 2.17 bits per heavy atom. The first-order valence-electron chi connectivity index (χ1n) is 4.21. The maximum Gasteiger partial charge on any atom is 0.0851 e. The van der Waals surface area contributed by atoms with Crippen molar-refractivity contribution in [3.63, 3.8) is 0 Å². The molecule has 2 heteroatoms. The normalized spacial score (nSPS) is 34.2. The van der Waals surface area contributed by atoms with Crippen LogP contribution in [0.15, 0.2) is 0 Å². The molecule has 1 heterocycles. The second-order valence-electron chi connectivity index (χ2n) is 4.44. The number of thioether (sulfide) groups is 1. The van der Waals surface area contributed by atoms with Crippen molar-refractivity contribution >= 4 is 11.8 Å². The lowest BCUT2D eigenvalue weighted by molar-refractivity contribution is 0.0244. The number of hydrogen-bond donors (Lipinski definition) is 1. The summed E-state index contributed by atoms with van der Waals surface area (Å²) in [7, 11) is 0. The van der Waals surface area contributed by atoms with Gasteiger partial charge in [0.15, 0.2) is 0 Å². The monoisotopic (exact) mass is 184 g/mol. The molecule has 12 heavy (non-hydrogen) atoms. The minimum atomic E-state index is -0.610. The number of terminal acetylenes is 1. The highest BCUT2D eigenvalue weighted by Crippen LogP contribution is 2.40. The fraction of sp³-hybridized carbons (Fsp3) is 0.800. The highest BCUT2D eigenvalue weighted by atomic mass is 32.2. The SMILES string of the molecule is C#CCC1(O)CSCC(C)(C)C1. The molecule has 1 aliphatic rings. The van der Waals surface area contributed by atoms with Crippen molar-refractivity contribution in [3.8, 4) is 12.3 Å². The second kappa shape index (κ2) is 3.32. The molecule has 0 aromatic carbocycles. The Kier molecular flexibility index (Phi) is 2.75. The molecule has 0 radical (unpaired) electrons. The lowest BCUT2D eigenvalue weighted by Crippen LogP contribution is -2.42. The van der Waals surface area contributed by atoms with Gasteiger partial charge in [0, 0.05) is 12.2 Å². The van der Waals surface area contributed by atoms with E-state index in [2.05, 4.69) is 19.8 Å². The maximum absolute atomic E-state index is 10.0. The van der Waals surface area contributed by atoms with Gasteiger partial charge in [-0.2, -0.15) is 11.8 Å². The van der Waals surface area contributed by atoms with Gasteiger partial charge in [-0.05, 0) is 17.6 Å². The molecule has 1 saturated heterocycles. The van der Waals surface area contributed by atoms with Gasteiger partial charge in [-0.15, -0.1) is 12.3 Å².